The Morgan fingerprint density at radius 3 is 2.19 bits per heavy atom. The van der Waals surface area contributed by atoms with Gasteiger partial charge in [0.2, 0.25) is 0 Å². The van der Waals surface area contributed by atoms with Gasteiger partial charge in [-0.25, -0.2) is 17.9 Å². The van der Waals surface area contributed by atoms with Crippen molar-refractivity contribution in [1.82, 2.24) is 19.4 Å². The third kappa shape index (κ3) is 15.1. The third-order valence-electron chi connectivity index (χ3n) is 15.2. The van der Waals surface area contributed by atoms with Gasteiger partial charge in [0.25, 0.3) is 10.0 Å². The van der Waals surface area contributed by atoms with E-state index in [2.05, 4.69) is 4.72 Å². The smallest absolute Gasteiger partial charge is 0.331 e. The number of rotatable bonds is 15. The molecule has 0 saturated carbocycles. The van der Waals surface area contributed by atoms with Gasteiger partial charge in [0, 0.05) is 57.7 Å². The van der Waals surface area contributed by atoms with E-state index in [0.717, 1.165) is 5.56 Å². The van der Waals surface area contributed by atoms with Crippen molar-refractivity contribution in [3.05, 3.63) is 29.8 Å². The zero-order valence-corrected chi connectivity index (χ0v) is 45.9. The molecule has 0 aromatic heterocycles. The highest BCUT2D eigenvalue weighted by atomic mass is 32.2. The number of hydrogen-bond acceptors (Lipinski definition) is 18. The fraction of sp³-hybridized carbons (Fsp3) is 0.824. The largest absolute Gasteiger partial charge is 0.459 e. The quantitative estimate of drug-likeness (QED) is 0.138. The number of esters is 1. The molecule has 18 atom stereocenters. The van der Waals surface area contributed by atoms with Gasteiger partial charge in [-0.3, -0.25) is 9.69 Å². The minimum absolute atomic E-state index is 0.00268. The van der Waals surface area contributed by atoms with Crippen molar-refractivity contribution >= 4 is 22.0 Å². The van der Waals surface area contributed by atoms with Gasteiger partial charge in [-0.1, -0.05) is 38.5 Å². The molecule has 1 aromatic rings. The molecule has 0 radical (unpaired) electrons. The fourth-order valence-electron chi connectivity index (χ4n) is 10.8. The van der Waals surface area contributed by atoms with Crippen molar-refractivity contribution in [2.75, 3.05) is 47.4 Å². The lowest BCUT2D eigenvalue weighted by molar-refractivity contribution is -0.318. The molecule has 72 heavy (non-hydrogen) atoms. The highest BCUT2D eigenvalue weighted by Crippen LogP contribution is 2.40. The maximum atomic E-state index is 14.6. The Hall–Kier alpha value is -3.08. The van der Waals surface area contributed by atoms with E-state index < -0.39 is 118 Å². The number of nitrogens with one attached hydrogen (secondary N) is 1. The first kappa shape index (κ1) is 61.5. The van der Waals surface area contributed by atoms with E-state index in [-0.39, 0.29) is 75.3 Å². The van der Waals surface area contributed by atoms with Gasteiger partial charge in [-0.05, 0) is 113 Å². The van der Waals surface area contributed by atoms with E-state index in [0.29, 0.717) is 6.42 Å². The first-order chi connectivity index (χ1) is 33.4. The van der Waals surface area contributed by atoms with Crippen LogP contribution in [0, 0.1) is 36.0 Å². The van der Waals surface area contributed by atoms with Crippen LogP contribution in [-0.4, -0.2) is 198 Å². The number of nitriles is 1. The second-order valence-corrected chi connectivity index (χ2v) is 23.4. The van der Waals surface area contributed by atoms with Crippen LogP contribution in [0.5, 0.6) is 0 Å². The summed E-state index contributed by atoms with van der Waals surface area (Å²) in [5.41, 5.74) is -4.04. The zero-order valence-electron chi connectivity index (χ0n) is 45.1. The molecule has 0 spiro atoms. The molecule has 0 bridgehead atoms. The van der Waals surface area contributed by atoms with Crippen molar-refractivity contribution in [3.8, 4) is 6.07 Å². The summed E-state index contributed by atoms with van der Waals surface area (Å²) < 4.78 is 66.6. The topological polar surface area (TPSA) is 270 Å². The summed E-state index contributed by atoms with van der Waals surface area (Å²) in [5, 5.41) is 69.7. The summed E-state index contributed by atoms with van der Waals surface area (Å²) in [6.45, 7) is 19.1. The van der Waals surface area contributed by atoms with Crippen LogP contribution < -0.4 is 4.72 Å². The number of urea groups is 1. The van der Waals surface area contributed by atoms with Crippen molar-refractivity contribution < 1.29 is 72.0 Å². The summed E-state index contributed by atoms with van der Waals surface area (Å²) >= 11 is 0. The van der Waals surface area contributed by atoms with Crippen LogP contribution in [0.25, 0.3) is 0 Å². The number of nitrogens with zero attached hydrogens (tertiary/aromatic N) is 4. The van der Waals surface area contributed by atoms with Crippen LogP contribution in [0.4, 0.5) is 4.79 Å². The number of ether oxygens (including phenoxy) is 6. The number of cyclic esters (lactones) is 1. The van der Waals surface area contributed by atoms with E-state index in [4.69, 9.17) is 28.4 Å². The molecular weight excluding hydrogens is 955 g/mol. The van der Waals surface area contributed by atoms with Gasteiger partial charge >= 0.3 is 12.0 Å². The van der Waals surface area contributed by atoms with Crippen molar-refractivity contribution in [2.24, 2.45) is 17.8 Å². The van der Waals surface area contributed by atoms with Crippen LogP contribution in [0.15, 0.2) is 29.2 Å². The predicted octanol–water partition coefficient (Wildman–Crippen LogP) is 3.28. The molecule has 21 heteroatoms. The SMILES string of the molecule is CC[C@H]1OC(=O)[C@@H](C)[C@@H](OC2C[C@](C)(OC)[C@H](O)[C@@H](C)O2)[C@@H](C)[C@@H](O[C@H]2O[C@@H](C)C[C@H](N(C)C)[C@@H]2O)[C@](C)(O)C[C@@H](C)CN(CCCN(CCC#N)C(=O)NS(=O)(=O)c2ccc(C)cc2)[C@H](C)[C@@H](O)[C@]1(C)O. The molecule has 3 fully saturated rings. The van der Waals surface area contributed by atoms with E-state index >= 15 is 0 Å². The normalized spacial score (nSPS) is 39.0. The summed E-state index contributed by atoms with van der Waals surface area (Å²) in [6.07, 6.45) is -9.76. The highest BCUT2D eigenvalue weighted by Gasteiger charge is 2.53. The lowest BCUT2D eigenvalue weighted by Gasteiger charge is -2.48. The number of methoxy groups -OCH3 is 1. The van der Waals surface area contributed by atoms with Gasteiger partial charge in [-0.15, -0.1) is 0 Å². The molecule has 1 aromatic carbocycles. The highest BCUT2D eigenvalue weighted by molar-refractivity contribution is 7.90. The second-order valence-electron chi connectivity index (χ2n) is 21.7. The molecule has 4 rings (SSSR count). The standard InChI is InChI=1S/C51H87N5O15S/c1-15-39-51(11,63)43(58)35(7)56(25-17-24-55(23-16-22-52)48(61)53-72(64,65)37-20-18-30(2)19-21-37)29-31(3)27-49(9,62)45(71-47-41(57)38(54(12)13)26-32(4)67-47)33(5)42(34(6)46(60)69-39)70-40-28-50(10,66-14)44(59)36(8)68-40/h18-21,31-36,38-45,47,57-59,62-63H,15-17,23-29H2,1-14H3,(H,53,61)/t31-,32+,33-,34+,35-,36-,38+,39-,40?,41+,42+,43-,44-,45-,47-,49-,50+,51-/m1/s1. The monoisotopic (exact) mass is 1040 g/mol. The number of amides is 2. The number of aliphatic hydroxyl groups excluding tert-OH is 3. The molecule has 6 N–H and O–H groups in total. The van der Waals surface area contributed by atoms with Gasteiger partial charge in [0.05, 0.1) is 58.9 Å². The summed E-state index contributed by atoms with van der Waals surface area (Å²) in [4.78, 5) is 33.1. The van der Waals surface area contributed by atoms with Gasteiger partial charge in [0.15, 0.2) is 12.6 Å². The molecule has 3 heterocycles. The lowest BCUT2D eigenvalue weighted by atomic mass is 9.77. The van der Waals surface area contributed by atoms with E-state index in [1.54, 1.807) is 67.5 Å². The minimum Gasteiger partial charge on any atom is -0.459 e. The van der Waals surface area contributed by atoms with Crippen molar-refractivity contribution in [1.29, 1.82) is 5.26 Å². The molecule has 1 unspecified atom stereocenters. The van der Waals surface area contributed by atoms with E-state index in [1.165, 1.54) is 31.1 Å². The van der Waals surface area contributed by atoms with Crippen molar-refractivity contribution in [3.63, 3.8) is 0 Å². The number of carbonyl (C=O) groups is 2. The third-order valence-corrected chi connectivity index (χ3v) is 16.6. The minimum atomic E-state index is -4.25. The first-order valence-electron chi connectivity index (χ1n) is 25.5. The Bertz CT molecular complexity index is 2060. The Morgan fingerprint density at radius 2 is 1.61 bits per heavy atom. The number of likely N-dealkylation sites (N-methyl/N-ethyl adjacent to an activating group) is 1. The number of aryl methyl sites for hydroxylation is 1. The van der Waals surface area contributed by atoms with Gasteiger partial charge in [0.1, 0.15) is 30.0 Å². The molecular formula is C51H87N5O15S. The number of carbonyl (C=O) groups excluding carboxylic acids is 2. The fourth-order valence-corrected chi connectivity index (χ4v) is 11.8. The van der Waals surface area contributed by atoms with Crippen LogP contribution in [0.3, 0.4) is 0 Å². The zero-order chi connectivity index (χ0) is 54.3. The van der Waals surface area contributed by atoms with Crippen LogP contribution in [0.1, 0.15) is 113 Å². The molecule has 3 aliphatic rings. The molecule has 20 nitrogen and oxygen atoms in total. The molecule has 3 aliphatic heterocycles. The van der Waals surface area contributed by atoms with Crippen LogP contribution in [0.2, 0.25) is 0 Å². The van der Waals surface area contributed by atoms with Crippen LogP contribution >= 0.6 is 0 Å². The van der Waals surface area contributed by atoms with Gasteiger partial charge in [-0.2, -0.15) is 5.26 Å². The Labute approximate surface area is 428 Å². The molecule has 0 aliphatic carbocycles. The Kier molecular flexibility index (Phi) is 21.9. The second kappa shape index (κ2) is 25.6. The Balaban J connectivity index is 1.77. The number of benzene rings is 1. The number of sulfonamides is 1. The summed E-state index contributed by atoms with van der Waals surface area (Å²) in [7, 11) is 0.919. The average molecular weight is 1040 g/mol. The molecule has 2 amide bonds. The lowest BCUT2D eigenvalue weighted by Crippen LogP contribution is -2.60. The van der Waals surface area contributed by atoms with Crippen LogP contribution in [-0.2, 0) is 43.2 Å². The predicted molar refractivity (Wildman–Crippen MR) is 266 cm³/mol. The van der Waals surface area contributed by atoms with E-state index in [9.17, 15) is 48.8 Å². The van der Waals surface area contributed by atoms with Gasteiger partial charge < -0.3 is 63.8 Å². The maximum absolute atomic E-state index is 14.6. The Morgan fingerprint density at radius 1 is 0.972 bits per heavy atom. The molecule has 412 valence electrons. The summed E-state index contributed by atoms with van der Waals surface area (Å²) in [6, 6.07) is 5.91. The number of aliphatic hydroxyl groups is 5. The summed E-state index contributed by atoms with van der Waals surface area (Å²) in [5.74, 6) is -3.19. The first-order valence-corrected chi connectivity index (χ1v) is 26.9. The maximum Gasteiger partial charge on any atom is 0.331 e. The number of hydrogen-bond donors (Lipinski definition) is 6. The molecule has 3 saturated heterocycles. The van der Waals surface area contributed by atoms with Crippen molar-refractivity contribution in [2.45, 2.75) is 210 Å². The van der Waals surface area contributed by atoms with E-state index in [1.807, 2.05) is 43.8 Å². The average Bonchev–Trinajstić information content (AvgIpc) is 3.30.